The molecule has 1 aromatic carbocycles. The molecule has 0 aliphatic heterocycles. The van der Waals surface area contributed by atoms with Crippen LogP contribution < -0.4 is 5.32 Å². The van der Waals surface area contributed by atoms with E-state index in [9.17, 15) is 15.3 Å². The third-order valence-corrected chi connectivity index (χ3v) is 7.46. The minimum atomic E-state index is -0.140. The van der Waals surface area contributed by atoms with Crippen LogP contribution >= 0.6 is 11.8 Å². The molecule has 4 aliphatic carbocycles. The predicted molar refractivity (Wildman–Crippen MR) is 106 cm³/mol. The standard InChI is InChI=1S/C22H23N3OS/c23-12-18(13-24)21(25-19-4-2-1-3-5-19)27-14-20(26)22-9-15-6-16(10-22)8-17(7-15)11-22/h1-5,15-17,25H,6-11,14H2. The number of rotatable bonds is 6. The van der Waals surface area contributed by atoms with E-state index in [4.69, 9.17) is 0 Å². The molecule has 0 radical (unpaired) electrons. The third kappa shape index (κ3) is 3.62. The topological polar surface area (TPSA) is 76.7 Å². The smallest absolute Gasteiger partial charge is 0.159 e. The molecule has 1 N–H and O–H groups in total. The van der Waals surface area contributed by atoms with Crippen molar-refractivity contribution in [1.29, 1.82) is 10.5 Å². The van der Waals surface area contributed by atoms with Crippen molar-refractivity contribution in [2.24, 2.45) is 23.2 Å². The largest absolute Gasteiger partial charge is 0.349 e. The van der Waals surface area contributed by atoms with Crippen LogP contribution in [0.3, 0.4) is 0 Å². The summed E-state index contributed by atoms with van der Waals surface area (Å²) >= 11 is 1.30. The van der Waals surface area contributed by atoms with Crippen molar-refractivity contribution in [2.45, 2.75) is 38.5 Å². The zero-order chi connectivity index (χ0) is 18.9. The number of nitrogens with zero attached hydrogens (tertiary/aromatic N) is 2. The summed E-state index contributed by atoms with van der Waals surface area (Å²) in [5.74, 6) is 2.84. The number of hydrogen-bond acceptors (Lipinski definition) is 5. The Morgan fingerprint density at radius 1 is 1.04 bits per heavy atom. The lowest BCUT2D eigenvalue weighted by molar-refractivity contribution is -0.141. The lowest BCUT2D eigenvalue weighted by Gasteiger charge is -2.56. The predicted octanol–water partition coefficient (Wildman–Crippen LogP) is 4.88. The van der Waals surface area contributed by atoms with Gasteiger partial charge in [-0.05, 0) is 68.4 Å². The maximum Gasteiger partial charge on any atom is 0.159 e. The zero-order valence-electron chi connectivity index (χ0n) is 15.3. The normalized spacial score (nSPS) is 30.2. The van der Waals surface area contributed by atoms with Gasteiger partial charge in [-0.2, -0.15) is 10.5 Å². The fraction of sp³-hybridized carbons (Fsp3) is 0.500. The molecular formula is C22H23N3OS. The Labute approximate surface area is 164 Å². The van der Waals surface area contributed by atoms with Crippen LogP contribution in [0.1, 0.15) is 38.5 Å². The van der Waals surface area contributed by atoms with Gasteiger partial charge in [-0.25, -0.2) is 0 Å². The average Bonchev–Trinajstić information content (AvgIpc) is 2.66. The number of carbonyl (C=O) groups is 1. The molecule has 4 bridgehead atoms. The number of nitrogens with one attached hydrogen (secondary N) is 1. The van der Waals surface area contributed by atoms with Crippen LogP contribution in [0.4, 0.5) is 5.69 Å². The number of nitriles is 2. The molecule has 5 rings (SSSR count). The van der Waals surface area contributed by atoms with Gasteiger partial charge in [0.25, 0.3) is 0 Å². The van der Waals surface area contributed by atoms with E-state index in [0.717, 1.165) is 42.7 Å². The molecule has 0 atom stereocenters. The lowest BCUT2D eigenvalue weighted by atomic mass is 9.48. The van der Waals surface area contributed by atoms with Crippen LogP contribution in [-0.4, -0.2) is 11.5 Å². The van der Waals surface area contributed by atoms with Crippen LogP contribution in [0.2, 0.25) is 0 Å². The van der Waals surface area contributed by atoms with E-state index in [1.807, 2.05) is 42.5 Å². The summed E-state index contributed by atoms with van der Waals surface area (Å²) in [6.45, 7) is 0. The number of ketones is 1. The van der Waals surface area contributed by atoms with E-state index in [1.165, 1.54) is 31.0 Å². The lowest BCUT2D eigenvalue weighted by Crippen LogP contribution is -2.50. The first-order valence-electron chi connectivity index (χ1n) is 9.64. The second-order valence-electron chi connectivity index (χ2n) is 8.33. The Hall–Kier alpha value is -2.24. The molecule has 0 heterocycles. The Balaban J connectivity index is 1.48. The molecule has 0 saturated heterocycles. The van der Waals surface area contributed by atoms with Crippen LogP contribution in [0.5, 0.6) is 0 Å². The van der Waals surface area contributed by atoms with Gasteiger partial charge < -0.3 is 5.32 Å². The monoisotopic (exact) mass is 377 g/mol. The van der Waals surface area contributed by atoms with Crippen LogP contribution in [0.15, 0.2) is 40.9 Å². The fourth-order valence-corrected chi connectivity index (χ4v) is 6.70. The van der Waals surface area contributed by atoms with Gasteiger partial charge in [-0.1, -0.05) is 30.0 Å². The average molecular weight is 378 g/mol. The summed E-state index contributed by atoms with van der Waals surface area (Å²) in [6, 6.07) is 13.4. The van der Waals surface area contributed by atoms with Crippen molar-refractivity contribution in [2.75, 3.05) is 11.1 Å². The number of Topliss-reactive ketones (excluding diaryl/α,β-unsaturated/α-hetero) is 1. The summed E-state index contributed by atoms with van der Waals surface area (Å²) in [4.78, 5) is 13.2. The highest BCUT2D eigenvalue weighted by Gasteiger charge is 2.54. The highest BCUT2D eigenvalue weighted by Crippen LogP contribution is 2.60. The molecular weight excluding hydrogens is 354 g/mol. The molecule has 138 valence electrons. The maximum absolute atomic E-state index is 13.2. The van der Waals surface area contributed by atoms with E-state index >= 15 is 0 Å². The van der Waals surface area contributed by atoms with Crippen molar-refractivity contribution in [3.05, 3.63) is 40.9 Å². The van der Waals surface area contributed by atoms with Gasteiger partial charge in [0.05, 0.1) is 5.75 Å². The molecule has 4 saturated carbocycles. The number of hydrogen-bond donors (Lipinski definition) is 1. The molecule has 4 fully saturated rings. The summed E-state index contributed by atoms with van der Waals surface area (Å²) in [5.41, 5.74) is 0.700. The van der Waals surface area contributed by atoms with Gasteiger partial charge in [0, 0.05) is 11.1 Å². The number of para-hydroxylation sites is 1. The van der Waals surface area contributed by atoms with Crippen LogP contribution in [-0.2, 0) is 4.79 Å². The number of carbonyl (C=O) groups excluding carboxylic acids is 1. The molecule has 0 aromatic heterocycles. The molecule has 27 heavy (non-hydrogen) atoms. The van der Waals surface area contributed by atoms with Crippen LogP contribution in [0.25, 0.3) is 0 Å². The van der Waals surface area contributed by atoms with Crippen molar-refractivity contribution in [3.63, 3.8) is 0 Å². The minimum Gasteiger partial charge on any atom is -0.349 e. The Morgan fingerprint density at radius 2 is 1.59 bits per heavy atom. The highest BCUT2D eigenvalue weighted by molar-refractivity contribution is 8.03. The van der Waals surface area contributed by atoms with Gasteiger partial charge in [0.1, 0.15) is 23.0 Å². The number of anilines is 1. The van der Waals surface area contributed by atoms with Gasteiger partial charge in [0.2, 0.25) is 0 Å². The zero-order valence-corrected chi connectivity index (χ0v) is 16.1. The first kappa shape index (κ1) is 18.1. The first-order valence-corrected chi connectivity index (χ1v) is 10.6. The van der Waals surface area contributed by atoms with Crippen molar-refractivity contribution >= 4 is 23.2 Å². The van der Waals surface area contributed by atoms with E-state index in [0.29, 0.717) is 16.6 Å². The van der Waals surface area contributed by atoms with Crippen LogP contribution in [0, 0.1) is 45.8 Å². The summed E-state index contributed by atoms with van der Waals surface area (Å²) in [6.07, 6.45) is 7.08. The van der Waals surface area contributed by atoms with Crippen molar-refractivity contribution in [3.8, 4) is 12.1 Å². The molecule has 0 unspecified atom stereocenters. The van der Waals surface area contributed by atoms with E-state index in [1.54, 1.807) is 0 Å². The van der Waals surface area contributed by atoms with E-state index in [-0.39, 0.29) is 11.0 Å². The summed E-state index contributed by atoms with van der Waals surface area (Å²) in [7, 11) is 0. The molecule has 4 nitrogen and oxygen atoms in total. The third-order valence-electron chi connectivity index (χ3n) is 6.46. The molecule has 5 heteroatoms. The summed E-state index contributed by atoms with van der Waals surface area (Å²) in [5, 5.41) is 22.2. The minimum absolute atomic E-state index is 0.0298. The van der Waals surface area contributed by atoms with Gasteiger partial charge in [-0.15, -0.1) is 0 Å². The molecule has 4 aliphatic rings. The van der Waals surface area contributed by atoms with Gasteiger partial charge in [-0.3, -0.25) is 4.79 Å². The highest BCUT2D eigenvalue weighted by atomic mass is 32.2. The fourth-order valence-electron chi connectivity index (χ4n) is 5.69. The summed E-state index contributed by atoms with van der Waals surface area (Å²) < 4.78 is 0. The SMILES string of the molecule is N#CC(C#N)=C(Nc1ccccc1)SCC(=O)C12CC3CC(CC(C3)C1)C2. The Bertz CT molecular complexity index is 795. The van der Waals surface area contributed by atoms with Crippen molar-refractivity contribution in [1.82, 2.24) is 0 Å². The Morgan fingerprint density at radius 3 is 2.11 bits per heavy atom. The second kappa shape index (κ2) is 7.41. The van der Waals surface area contributed by atoms with Gasteiger partial charge in [0.15, 0.2) is 5.57 Å². The number of allylic oxidation sites excluding steroid dienone is 1. The van der Waals surface area contributed by atoms with E-state index < -0.39 is 0 Å². The number of thioether (sulfide) groups is 1. The Kier molecular flexibility index (Phi) is 4.98. The van der Waals surface area contributed by atoms with Gasteiger partial charge >= 0.3 is 0 Å². The van der Waals surface area contributed by atoms with Crippen molar-refractivity contribution < 1.29 is 4.79 Å². The maximum atomic E-state index is 13.2. The molecule has 1 aromatic rings. The number of benzene rings is 1. The molecule has 0 spiro atoms. The first-order chi connectivity index (χ1) is 13.1. The molecule has 0 amide bonds. The quantitative estimate of drug-likeness (QED) is 0.715. The second-order valence-corrected chi connectivity index (χ2v) is 9.31. The van der Waals surface area contributed by atoms with E-state index in [2.05, 4.69) is 5.32 Å².